The predicted molar refractivity (Wildman–Crippen MR) is 59.5 cm³/mol. The first-order chi connectivity index (χ1) is 7.72. The van der Waals surface area contributed by atoms with Gasteiger partial charge in [0, 0.05) is 12.4 Å². The second-order valence-electron chi connectivity index (χ2n) is 3.06. The van der Waals surface area contributed by atoms with E-state index >= 15 is 0 Å². The predicted octanol–water partition coefficient (Wildman–Crippen LogP) is 1.62. The Kier molecular flexibility index (Phi) is 4.92. The van der Waals surface area contributed by atoms with Gasteiger partial charge in [-0.1, -0.05) is 6.08 Å². The van der Waals surface area contributed by atoms with Crippen molar-refractivity contribution in [2.24, 2.45) is 0 Å². The fourth-order valence-corrected chi connectivity index (χ4v) is 1.08. The van der Waals surface area contributed by atoms with Crippen molar-refractivity contribution >= 4 is 17.8 Å². The molecule has 16 heavy (non-hydrogen) atoms. The van der Waals surface area contributed by atoms with E-state index in [0.29, 0.717) is 6.61 Å². The SMILES string of the molecule is CCOC(=O)CC(=O)/C=C\c1ccncc1. The molecule has 0 saturated heterocycles. The Bertz CT molecular complexity index is 385. The molecular weight excluding hydrogens is 206 g/mol. The monoisotopic (exact) mass is 219 g/mol. The first kappa shape index (κ1) is 12.1. The third kappa shape index (κ3) is 4.50. The van der Waals surface area contributed by atoms with Gasteiger partial charge in [0.2, 0.25) is 0 Å². The third-order valence-electron chi connectivity index (χ3n) is 1.79. The standard InChI is InChI=1S/C12H13NO3/c1-2-16-12(15)9-11(14)4-3-10-5-7-13-8-6-10/h3-8H,2,9H2,1H3/b4-3-. The first-order valence-corrected chi connectivity index (χ1v) is 4.99. The Morgan fingerprint density at radius 2 is 2.06 bits per heavy atom. The smallest absolute Gasteiger partial charge is 0.313 e. The fourth-order valence-electron chi connectivity index (χ4n) is 1.08. The lowest BCUT2D eigenvalue weighted by molar-refractivity contribution is -0.144. The highest BCUT2D eigenvalue weighted by Crippen LogP contribution is 2.00. The molecule has 0 unspecified atom stereocenters. The Labute approximate surface area is 94.0 Å². The maximum absolute atomic E-state index is 11.3. The molecule has 4 heteroatoms. The van der Waals surface area contributed by atoms with Crippen molar-refractivity contribution in [3.05, 3.63) is 36.2 Å². The van der Waals surface area contributed by atoms with Crippen LogP contribution in [0.4, 0.5) is 0 Å². The van der Waals surface area contributed by atoms with Crippen molar-refractivity contribution in [1.29, 1.82) is 0 Å². The van der Waals surface area contributed by atoms with Crippen LogP contribution < -0.4 is 0 Å². The molecule has 0 aliphatic heterocycles. The van der Waals surface area contributed by atoms with Crippen LogP contribution in [0.3, 0.4) is 0 Å². The van der Waals surface area contributed by atoms with E-state index in [1.54, 1.807) is 37.5 Å². The highest BCUT2D eigenvalue weighted by molar-refractivity contribution is 6.03. The average Bonchev–Trinajstić information content (AvgIpc) is 2.28. The van der Waals surface area contributed by atoms with Crippen LogP contribution >= 0.6 is 0 Å². The largest absolute Gasteiger partial charge is 0.466 e. The molecule has 84 valence electrons. The lowest BCUT2D eigenvalue weighted by Crippen LogP contribution is -2.08. The molecule has 1 rings (SSSR count). The van der Waals surface area contributed by atoms with Crippen LogP contribution in [0.5, 0.6) is 0 Å². The van der Waals surface area contributed by atoms with Crippen LogP contribution in [0.25, 0.3) is 6.08 Å². The van der Waals surface area contributed by atoms with E-state index in [1.807, 2.05) is 0 Å². The molecule has 1 aromatic heterocycles. The molecule has 0 aromatic carbocycles. The molecule has 0 N–H and O–H groups in total. The van der Waals surface area contributed by atoms with Crippen LogP contribution in [0.2, 0.25) is 0 Å². The van der Waals surface area contributed by atoms with E-state index in [4.69, 9.17) is 0 Å². The van der Waals surface area contributed by atoms with Gasteiger partial charge in [-0.05, 0) is 30.7 Å². The number of allylic oxidation sites excluding steroid dienone is 1. The van der Waals surface area contributed by atoms with Crippen molar-refractivity contribution in [3.8, 4) is 0 Å². The lowest BCUT2D eigenvalue weighted by atomic mass is 10.2. The van der Waals surface area contributed by atoms with Gasteiger partial charge in [0.1, 0.15) is 6.42 Å². The normalized spacial score (nSPS) is 10.3. The minimum atomic E-state index is -0.494. The number of aromatic nitrogens is 1. The zero-order chi connectivity index (χ0) is 11.8. The molecule has 0 fully saturated rings. The van der Waals surface area contributed by atoms with Crippen LogP contribution in [-0.4, -0.2) is 23.3 Å². The third-order valence-corrected chi connectivity index (χ3v) is 1.79. The summed E-state index contributed by atoms with van der Waals surface area (Å²) in [4.78, 5) is 26.1. The quantitative estimate of drug-likeness (QED) is 0.429. The lowest BCUT2D eigenvalue weighted by Gasteiger charge is -1.97. The summed E-state index contributed by atoms with van der Waals surface area (Å²) in [5.41, 5.74) is 0.868. The molecule has 0 bridgehead atoms. The molecule has 0 aliphatic rings. The summed E-state index contributed by atoms with van der Waals surface area (Å²) >= 11 is 0. The van der Waals surface area contributed by atoms with E-state index in [2.05, 4.69) is 9.72 Å². The van der Waals surface area contributed by atoms with E-state index in [1.165, 1.54) is 6.08 Å². The number of carbonyl (C=O) groups excluding carboxylic acids is 2. The zero-order valence-electron chi connectivity index (χ0n) is 9.05. The minimum absolute atomic E-state index is 0.213. The number of hydrogen-bond donors (Lipinski definition) is 0. The number of rotatable bonds is 5. The molecule has 1 heterocycles. The Morgan fingerprint density at radius 1 is 1.38 bits per heavy atom. The zero-order valence-corrected chi connectivity index (χ0v) is 9.05. The number of esters is 1. The summed E-state index contributed by atoms with van der Waals surface area (Å²) in [6, 6.07) is 3.54. The number of pyridine rings is 1. The van der Waals surface area contributed by atoms with E-state index in [-0.39, 0.29) is 12.2 Å². The molecule has 0 saturated carbocycles. The number of carbonyl (C=O) groups is 2. The fraction of sp³-hybridized carbons (Fsp3) is 0.250. The van der Waals surface area contributed by atoms with Crippen molar-refractivity contribution in [1.82, 2.24) is 4.98 Å². The maximum Gasteiger partial charge on any atom is 0.313 e. The van der Waals surface area contributed by atoms with Gasteiger partial charge >= 0.3 is 5.97 Å². The summed E-state index contributed by atoms with van der Waals surface area (Å²) in [6.45, 7) is 2.00. The van der Waals surface area contributed by atoms with Crippen LogP contribution in [0, 0.1) is 0 Å². The van der Waals surface area contributed by atoms with E-state index in [0.717, 1.165) is 5.56 Å². The molecule has 1 aromatic rings. The van der Waals surface area contributed by atoms with Crippen LogP contribution in [0.1, 0.15) is 18.9 Å². The van der Waals surface area contributed by atoms with Crippen molar-refractivity contribution < 1.29 is 14.3 Å². The molecular formula is C12H13NO3. The molecule has 0 aliphatic carbocycles. The van der Waals surface area contributed by atoms with Gasteiger partial charge in [-0.15, -0.1) is 0 Å². The number of ether oxygens (including phenoxy) is 1. The van der Waals surface area contributed by atoms with E-state index in [9.17, 15) is 9.59 Å². The second kappa shape index (κ2) is 6.50. The second-order valence-corrected chi connectivity index (χ2v) is 3.06. The number of ketones is 1. The first-order valence-electron chi connectivity index (χ1n) is 4.99. The van der Waals surface area contributed by atoms with Gasteiger partial charge in [0.15, 0.2) is 5.78 Å². The highest BCUT2D eigenvalue weighted by atomic mass is 16.5. The van der Waals surface area contributed by atoms with Crippen LogP contribution in [-0.2, 0) is 14.3 Å². The van der Waals surface area contributed by atoms with Gasteiger partial charge in [0.25, 0.3) is 0 Å². The van der Waals surface area contributed by atoms with Crippen molar-refractivity contribution in [3.63, 3.8) is 0 Å². The van der Waals surface area contributed by atoms with Crippen molar-refractivity contribution in [2.45, 2.75) is 13.3 Å². The summed E-state index contributed by atoms with van der Waals surface area (Å²) < 4.78 is 4.66. The topological polar surface area (TPSA) is 56.3 Å². The molecule has 4 nitrogen and oxygen atoms in total. The maximum atomic E-state index is 11.3. The Morgan fingerprint density at radius 3 is 2.69 bits per heavy atom. The van der Waals surface area contributed by atoms with Gasteiger partial charge in [0.05, 0.1) is 6.61 Å². The Hall–Kier alpha value is -1.97. The number of hydrogen-bond acceptors (Lipinski definition) is 4. The van der Waals surface area contributed by atoms with Gasteiger partial charge in [-0.2, -0.15) is 0 Å². The van der Waals surface area contributed by atoms with E-state index < -0.39 is 5.97 Å². The summed E-state index contributed by atoms with van der Waals surface area (Å²) in [6.07, 6.45) is 6.07. The molecule has 0 atom stereocenters. The number of nitrogens with zero attached hydrogens (tertiary/aromatic N) is 1. The van der Waals surface area contributed by atoms with Crippen LogP contribution in [0.15, 0.2) is 30.6 Å². The Balaban J connectivity index is 2.46. The van der Waals surface area contributed by atoms with Gasteiger partial charge in [-0.25, -0.2) is 0 Å². The minimum Gasteiger partial charge on any atom is -0.466 e. The summed E-state index contributed by atoms with van der Waals surface area (Å²) in [7, 11) is 0. The van der Waals surface area contributed by atoms with Gasteiger partial charge < -0.3 is 4.74 Å². The molecule has 0 radical (unpaired) electrons. The summed E-state index contributed by atoms with van der Waals surface area (Å²) in [5, 5.41) is 0. The summed E-state index contributed by atoms with van der Waals surface area (Å²) in [5.74, 6) is -0.762. The highest BCUT2D eigenvalue weighted by Gasteiger charge is 2.06. The van der Waals surface area contributed by atoms with Gasteiger partial charge in [-0.3, -0.25) is 14.6 Å². The molecule has 0 spiro atoms. The molecule has 0 amide bonds. The average molecular weight is 219 g/mol. The van der Waals surface area contributed by atoms with Crippen molar-refractivity contribution in [2.75, 3.05) is 6.61 Å².